The maximum absolute atomic E-state index is 11.9. The highest BCUT2D eigenvalue weighted by molar-refractivity contribution is 5.78. The summed E-state index contributed by atoms with van der Waals surface area (Å²) in [6.45, 7) is 4.44. The van der Waals surface area contributed by atoms with Crippen LogP contribution in [0, 0.1) is 5.41 Å². The van der Waals surface area contributed by atoms with E-state index in [9.17, 15) is 4.79 Å². The number of nitrogens with zero attached hydrogens (tertiary/aromatic N) is 1. The third-order valence-corrected chi connectivity index (χ3v) is 2.22. The van der Waals surface area contributed by atoms with E-state index in [1.54, 1.807) is 12.1 Å². The van der Waals surface area contributed by atoms with Gasteiger partial charge in [-0.25, -0.2) is 0 Å². The Bertz CT molecular complexity index is 344. The predicted octanol–water partition coefficient (Wildman–Crippen LogP) is 2.18. The molecule has 1 rings (SSSR count). The average Bonchev–Trinajstić information content (AvgIpc) is 2.17. The summed E-state index contributed by atoms with van der Waals surface area (Å²) in [5.74, 6) is 0.395. The molecule has 1 aromatic rings. The van der Waals surface area contributed by atoms with Crippen LogP contribution in [0.5, 0.6) is 5.75 Å². The van der Waals surface area contributed by atoms with Crippen LogP contribution in [0.3, 0.4) is 0 Å². The van der Waals surface area contributed by atoms with Crippen molar-refractivity contribution in [2.24, 2.45) is 5.41 Å². The van der Waals surface area contributed by atoms with E-state index in [1.165, 1.54) is 0 Å². The highest BCUT2D eigenvalue weighted by Gasteiger charge is 2.30. The Morgan fingerprint density at radius 1 is 1.25 bits per heavy atom. The monoisotopic (exact) mass is 221 g/mol. The number of hydrogen-bond donors (Lipinski definition) is 0. The lowest BCUT2D eigenvalue weighted by molar-refractivity contribution is -0.144. The van der Waals surface area contributed by atoms with Crippen LogP contribution in [0.4, 0.5) is 0 Å². The maximum atomic E-state index is 11.9. The van der Waals surface area contributed by atoms with Crippen molar-refractivity contribution >= 4 is 5.97 Å². The van der Waals surface area contributed by atoms with Crippen LogP contribution >= 0.6 is 0 Å². The molecule has 0 bridgehead atoms. The minimum atomic E-state index is -0.501. The second-order valence-electron chi connectivity index (χ2n) is 4.82. The van der Waals surface area contributed by atoms with Crippen LogP contribution in [0.25, 0.3) is 0 Å². The molecule has 0 saturated heterocycles. The van der Waals surface area contributed by atoms with E-state index >= 15 is 0 Å². The molecule has 0 amide bonds. The molecule has 0 fully saturated rings. The molecule has 0 radical (unpaired) electrons. The van der Waals surface area contributed by atoms with Crippen LogP contribution < -0.4 is 4.74 Å². The molecule has 0 aromatic heterocycles. The van der Waals surface area contributed by atoms with Crippen molar-refractivity contribution in [3.8, 4) is 5.75 Å². The van der Waals surface area contributed by atoms with Crippen molar-refractivity contribution in [3.63, 3.8) is 0 Å². The largest absolute Gasteiger partial charge is 0.426 e. The van der Waals surface area contributed by atoms with Gasteiger partial charge in [-0.05, 0) is 40.1 Å². The third kappa shape index (κ3) is 3.66. The van der Waals surface area contributed by atoms with Gasteiger partial charge >= 0.3 is 5.97 Å². The Morgan fingerprint density at radius 3 is 2.31 bits per heavy atom. The third-order valence-electron chi connectivity index (χ3n) is 2.22. The Hall–Kier alpha value is -1.35. The molecular weight excluding hydrogens is 202 g/mol. The highest BCUT2D eigenvalue weighted by atomic mass is 16.5. The molecule has 0 saturated carbocycles. The van der Waals surface area contributed by atoms with Gasteiger partial charge in [0.2, 0.25) is 0 Å². The summed E-state index contributed by atoms with van der Waals surface area (Å²) in [6.07, 6.45) is 0. The zero-order chi connectivity index (χ0) is 12.2. The van der Waals surface area contributed by atoms with E-state index in [-0.39, 0.29) is 5.97 Å². The second-order valence-corrected chi connectivity index (χ2v) is 4.82. The Kier molecular flexibility index (Phi) is 4.07. The molecule has 0 spiro atoms. The minimum Gasteiger partial charge on any atom is -0.426 e. The Balaban J connectivity index is 2.65. The fraction of sp³-hybridized carbons (Fsp3) is 0.462. The summed E-state index contributed by atoms with van der Waals surface area (Å²) in [4.78, 5) is 13.9. The maximum Gasteiger partial charge on any atom is 0.318 e. The molecule has 0 aliphatic heterocycles. The number of carbonyl (C=O) groups is 1. The fourth-order valence-corrected chi connectivity index (χ4v) is 1.59. The number of para-hydroxylation sites is 1. The first-order valence-electron chi connectivity index (χ1n) is 5.34. The Labute approximate surface area is 97.0 Å². The molecule has 0 N–H and O–H groups in total. The van der Waals surface area contributed by atoms with E-state index < -0.39 is 5.41 Å². The van der Waals surface area contributed by atoms with E-state index in [4.69, 9.17) is 4.74 Å². The van der Waals surface area contributed by atoms with Crippen LogP contribution in [0.1, 0.15) is 13.8 Å². The van der Waals surface area contributed by atoms with Crippen LogP contribution in [0.15, 0.2) is 30.3 Å². The number of ether oxygens (including phenoxy) is 1. The lowest BCUT2D eigenvalue weighted by Crippen LogP contribution is -2.38. The van der Waals surface area contributed by atoms with E-state index in [2.05, 4.69) is 0 Å². The molecule has 0 heterocycles. The van der Waals surface area contributed by atoms with Gasteiger partial charge in [0.15, 0.2) is 0 Å². The summed E-state index contributed by atoms with van der Waals surface area (Å²) in [5, 5.41) is 0. The van der Waals surface area contributed by atoms with Gasteiger partial charge in [-0.1, -0.05) is 18.2 Å². The lowest BCUT2D eigenvalue weighted by atomic mass is 9.93. The average molecular weight is 221 g/mol. The molecule has 0 atom stereocenters. The van der Waals surface area contributed by atoms with Crippen LogP contribution in [-0.4, -0.2) is 31.5 Å². The summed E-state index contributed by atoms with van der Waals surface area (Å²) in [6, 6.07) is 9.15. The topological polar surface area (TPSA) is 29.5 Å². The smallest absolute Gasteiger partial charge is 0.318 e. The van der Waals surface area contributed by atoms with E-state index in [1.807, 2.05) is 51.0 Å². The van der Waals surface area contributed by atoms with Gasteiger partial charge in [-0.15, -0.1) is 0 Å². The van der Waals surface area contributed by atoms with Crippen molar-refractivity contribution in [2.45, 2.75) is 13.8 Å². The summed E-state index contributed by atoms with van der Waals surface area (Å²) < 4.78 is 5.31. The van der Waals surface area contributed by atoms with Gasteiger partial charge in [0.25, 0.3) is 0 Å². The zero-order valence-corrected chi connectivity index (χ0v) is 10.4. The fourth-order valence-electron chi connectivity index (χ4n) is 1.59. The molecular formula is C13H19NO2. The first-order chi connectivity index (χ1) is 7.42. The second kappa shape index (κ2) is 5.12. The van der Waals surface area contributed by atoms with E-state index in [0.717, 1.165) is 0 Å². The van der Waals surface area contributed by atoms with E-state index in [0.29, 0.717) is 12.3 Å². The summed E-state index contributed by atoms with van der Waals surface area (Å²) >= 11 is 0. The quantitative estimate of drug-likeness (QED) is 0.576. The standard InChI is InChI=1S/C13H19NO2/c1-13(2,10-14(3)4)12(15)16-11-8-6-5-7-9-11/h5-9H,10H2,1-4H3. The minimum absolute atomic E-state index is 0.201. The number of benzene rings is 1. The van der Waals surface area contributed by atoms with Gasteiger partial charge in [-0.2, -0.15) is 0 Å². The van der Waals surface area contributed by atoms with Gasteiger partial charge in [0.05, 0.1) is 5.41 Å². The number of carbonyl (C=O) groups excluding carboxylic acids is 1. The lowest BCUT2D eigenvalue weighted by Gasteiger charge is -2.25. The van der Waals surface area contributed by atoms with Crippen molar-refractivity contribution in [2.75, 3.05) is 20.6 Å². The van der Waals surface area contributed by atoms with Gasteiger partial charge in [0.1, 0.15) is 5.75 Å². The predicted molar refractivity (Wildman–Crippen MR) is 64.4 cm³/mol. The summed E-state index contributed by atoms with van der Waals surface area (Å²) in [7, 11) is 3.88. The van der Waals surface area contributed by atoms with Gasteiger partial charge in [0, 0.05) is 6.54 Å². The molecule has 88 valence electrons. The molecule has 0 aliphatic carbocycles. The number of rotatable bonds is 4. The van der Waals surface area contributed by atoms with Crippen molar-refractivity contribution < 1.29 is 9.53 Å². The molecule has 16 heavy (non-hydrogen) atoms. The normalized spacial score (nSPS) is 11.6. The first kappa shape index (κ1) is 12.7. The molecule has 1 aromatic carbocycles. The Morgan fingerprint density at radius 2 is 1.81 bits per heavy atom. The van der Waals surface area contributed by atoms with Crippen LogP contribution in [-0.2, 0) is 4.79 Å². The molecule has 3 heteroatoms. The SMILES string of the molecule is CN(C)CC(C)(C)C(=O)Oc1ccccc1. The van der Waals surface area contributed by atoms with Crippen LogP contribution in [0.2, 0.25) is 0 Å². The first-order valence-corrected chi connectivity index (χ1v) is 5.34. The number of hydrogen-bond acceptors (Lipinski definition) is 3. The highest BCUT2D eigenvalue weighted by Crippen LogP contribution is 2.20. The van der Waals surface area contributed by atoms with Gasteiger partial charge < -0.3 is 9.64 Å². The van der Waals surface area contributed by atoms with Crippen molar-refractivity contribution in [1.82, 2.24) is 4.90 Å². The van der Waals surface area contributed by atoms with Gasteiger partial charge in [-0.3, -0.25) is 4.79 Å². The molecule has 3 nitrogen and oxygen atoms in total. The molecule has 0 unspecified atom stereocenters. The van der Waals surface area contributed by atoms with Crippen molar-refractivity contribution in [1.29, 1.82) is 0 Å². The van der Waals surface area contributed by atoms with Crippen molar-refractivity contribution in [3.05, 3.63) is 30.3 Å². The molecule has 0 aliphatic rings. The number of esters is 1. The summed E-state index contributed by atoms with van der Waals surface area (Å²) in [5.41, 5.74) is -0.501. The zero-order valence-electron chi connectivity index (χ0n) is 10.4.